The van der Waals surface area contributed by atoms with Gasteiger partial charge in [0.15, 0.2) is 5.69 Å². The van der Waals surface area contributed by atoms with Gasteiger partial charge in [-0.3, -0.25) is 14.5 Å². The third-order valence-corrected chi connectivity index (χ3v) is 4.22. The Morgan fingerprint density at radius 2 is 2.12 bits per heavy atom. The Kier molecular flexibility index (Phi) is 4.29. The third kappa shape index (κ3) is 3.13. The Morgan fingerprint density at radius 3 is 2.75 bits per heavy atom. The van der Waals surface area contributed by atoms with Gasteiger partial charge in [-0.1, -0.05) is 6.07 Å². The van der Waals surface area contributed by atoms with Crippen molar-refractivity contribution < 1.29 is 18.0 Å². The number of hydrogen-bond acceptors (Lipinski definition) is 3. The predicted octanol–water partition coefficient (Wildman–Crippen LogP) is 3.20. The summed E-state index contributed by atoms with van der Waals surface area (Å²) < 4.78 is 39.5. The van der Waals surface area contributed by atoms with Crippen LogP contribution < -0.4 is 0 Å². The van der Waals surface area contributed by atoms with Gasteiger partial charge in [0, 0.05) is 32.1 Å². The lowest BCUT2D eigenvalue weighted by Crippen LogP contribution is -2.39. The first kappa shape index (κ1) is 16.5. The number of pyridine rings is 1. The maximum Gasteiger partial charge on any atom is 0.435 e. The van der Waals surface area contributed by atoms with Gasteiger partial charge in [-0.25, -0.2) is 0 Å². The van der Waals surface area contributed by atoms with Crippen molar-refractivity contribution in [2.24, 2.45) is 7.05 Å². The van der Waals surface area contributed by atoms with Crippen LogP contribution in [0.25, 0.3) is 0 Å². The van der Waals surface area contributed by atoms with Crippen molar-refractivity contribution in [2.75, 3.05) is 6.54 Å². The van der Waals surface area contributed by atoms with Crippen LogP contribution in [0.1, 0.15) is 47.1 Å². The molecule has 24 heavy (non-hydrogen) atoms. The molecule has 0 saturated carbocycles. The zero-order valence-corrected chi connectivity index (χ0v) is 13.1. The molecule has 0 radical (unpaired) electrons. The van der Waals surface area contributed by atoms with Crippen LogP contribution in [0, 0.1) is 0 Å². The number of alkyl halides is 3. The number of halogens is 3. The molecule has 1 atom stereocenters. The topological polar surface area (TPSA) is 51.0 Å². The van der Waals surface area contributed by atoms with Crippen molar-refractivity contribution in [1.82, 2.24) is 19.7 Å². The van der Waals surface area contributed by atoms with Gasteiger partial charge in [-0.2, -0.15) is 18.3 Å². The second-order valence-electron chi connectivity index (χ2n) is 5.83. The average molecular weight is 338 g/mol. The molecular formula is C16H17F3N4O. The molecular weight excluding hydrogens is 321 g/mol. The minimum absolute atomic E-state index is 0.0573. The van der Waals surface area contributed by atoms with E-state index >= 15 is 0 Å². The van der Waals surface area contributed by atoms with Crippen LogP contribution in [-0.4, -0.2) is 32.1 Å². The molecule has 3 rings (SSSR count). The summed E-state index contributed by atoms with van der Waals surface area (Å²) in [5.74, 6) is -0.436. The molecule has 2 aromatic rings. The van der Waals surface area contributed by atoms with Crippen LogP contribution in [0.2, 0.25) is 0 Å². The standard InChI is InChI=1S/C16H17F3N4O/c1-22-13(9-14(21-22)16(17,18)19)15(24)23-8-3-2-6-12(23)11-5-4-7-20-10-11/h4-5,7,9-10,12H,2-3,6,8H2,1H3. The first-order valence-electron chi connectivity index (χ1n) is 7.70. The smallest absolute Gasteiger partial charge is 0.330 e. The number of piperidine rings is 1. The highest BCUT2D eigenvalue weighted by molar-refractivity contribution is 5.93. The highest BCUT2D eigenvalue weighted by atomic mass is 19.4. The molecule has 0 aliphatic carbocycles. The van der Waals surface area contributed by atoms with Gasteiger partial charge >= 0.3 is 6.18 Å². The van der Waals surface area contributed by atoms with Crippen molar-refractivity contribution in [1.29, 1.82) is 0 Å². The monoisotopic (exact) mass is 338 g/mol. The van der Waals surface area contributed by atoms with Crippen LogP contribution >= 0.6 is 0 Å². The Morgan fingerprint density at radius 1 is 1.33 bits per heavy atom. The van der Waals surface area contributed by atoms with E-state index in [-0.39, 0.29) is 11.7 Å². The van der Waals surface area contributed by atoms with Crippen molar-refractivity contribution in [3.8, 4) is 0 Å². The highest BCUT2D eigenvalue weighted by Crippen LogP contribution is 2.33. The van der Waals surface area contributed by atoms with Gasteiger partial charge < -0.3 is 4.90 Å². The van der Waals surface area contributed by atoms with Crippen LogP contribution in [-0.2, 0) is 13.2 Å². The lowest BCUT2D eigenvalue weighted by molar-refractivity contribution is -0.141. The molecule has 0 aromatic carbocycles. The minimum Gasteiger partial charge on any atom is -0.330 e. The average Bonchev–Trinajstić information content (AvgIpc) is 2.97. The van der Waals surface area contributed by atoms with Crippen LogP contribution in [0.3, 0.4) is 0 Å². The molecule has 2 aromatic heterocycles. The van der Waals surface area contributed by atoms with E-state index in [1.54, 1.807) is 23.4 Å². The number of carbonyl (C=O) groups is 1. The van der Waals surface area contributed by atoms with Crippen LogP contribution in [0.5, 0.6) is 0 Å². The first-order valence-corrected chi connectivity index (χ1v) is 7.70. The molecule has 1 aliphatic rings. The molecule has 1 unspecified atom stereocenters. The molecule has 128 valence electrons. The summed E-state index contributed by atoms with van der Waals surface area (Å²) in [5.41, 5.74) is -0.217. The van der Waals surface area contributed by atoms with Crippen molar-refractivity contribution in [2.45, 2.75) is 31.5 Å². The quantitative estimate of drug-likeness (QED) is 0.845. The first-order chi connectivity index (χ1) is 11.4. The van der Waals surface area contributed by atoms with E-state index in [1.165, 1.54) is 7.05 Å². The minimum atomic E-state index is -4.57. The second-order valence-corrected chi connectivity index (χ2v) is 5.83. The largest absolute Gasteiger partial charge is 0.435 e. The summed E-state index contributed by atoms with van der Waals surface area (Å²) in [7, 11) is 1.35. The molecule has 1 saturated heterocycles. The van der Waals surface area contributed by atoms with E-state index in [0.717, 1.165) is 35.6 Å². The molecule has 8 heteroatoms. The Bertz CT molecular complexity index is 727. The molecule has 1 aliphatic heterocycles. The highest BCUT2D eigenvalue weighted by Gasteiger charge is 2.37. The van der Waals surface area contributed by atoms with Gasteiger partial charge in [0.05, 0.1) is 6.04 Å². The van der Waals surface area contributed by atoms with Gasteiger partial charge in [-0.15, -0.1) is 0 Å². The lowest BCUT2D eigenvalue weighted by Gasteiger charge is -2.35. The van der Waals surface area contributed by atoms with Gasteiger partial charge in [0.2, 0.25) is 0 Å². The van der Waals surface area contributed by atoms with Gasteiger partial charge in [-0.05, 0) is 30.9 Å². The molecule has 5 nitrogen and oxygen atoms in total. The van der Waals surface area contributed by atoms with E-state index in [2.05, 4.69) is 10.1 Å². The van der Waals surface area contributed by atoms with E-state index in [4.69, 9.17) is 0 Å². The number of nitrogens with zero attached hydrogens (tertiary/aromatic N) is 4. The zero-order valence-electron chi connectivity index (χ0n) is 13.1. The van der Waals surface area contributed by atoms with E-state index in [1.807, 2.05) is 6.07 Å². The van der Waals surface area contributed by atoms with Gasteiger partial charge in [0.25, 0.3) is 5.91 Å². The number of likely N-dealkylation sites (tertiary alicyclic amines) is 1. The maximum absolute atomic E-state index is 12.8. The fourth-order valence-corrected chi connectivity index (χ4v) is 3.05. The predicted molar refractivity (Wildman–Crippen MR) is 80.1 cm³/mol. The van der Waals surface area contributed by atoms with Crippen LogP contribution in [0.15, 0.2) is 30.6 Å². The number of aromatic nitrogens is 3. The Hall–Kier alpha value is -2.38. The zero-order chi connectivity index (χ0) is 17.3. The summed E-state index contributed by atoms with van der Waals surface area (Å²) in [5, 5.41) is 3.43. The molecule has 0 spiro atoms. The number of carbonyl (C=O) groups excluding carboxylic acids is 1. The Balaban J connectivity index is 1.91. The van der Waals surface area contributed by atoms with E-state index in [9.17, 15) is 18.0 Å². The molecule has 0 N–H and O–H groups in total. The second kappa shape index (κ2) is 6.26. The maximum atomic E-state index is 12.8. The fourth-order valence-electron chi connectivity index (χ4n) is 3.05. The number of hydrogen-bond donors (Lipinski definition) is 0. The van der Waals surface area contributed by atoms with E-state index < -0.39 is 17.8 Å². The van der Waals surface area contributed by atoms with Gasteiger partial charge in [0.1, 0.15) is 5.69 Å². The lowest BCUT2D eigenvalue weighted by atomic mass is 9.96. The summed E-state index contributed by atoms with van der Waals surface area (Å²) in [6.45, 7) is 0.505. The van der Waals surface area contributed by atoms with Crippen molar-refractivity contribution >= 4 is 5.91 Å². The SMILES string of the molecule is Cn1nc(C(F)(F)F)cc1C(=O)N1CCCCC1c1cccnc1. The molecule has 1 fully saturated rings. The van der Waals surface area contributed by atoms with Crippen molar-refractivity contribution in [3.63, 3.8) is 0 Å². The third-order valence-electron chi connectivity index (χ3n) is 4.22. The molecule has 1 amide bonds. The van der Waals surface area contributed by atoms with Crippen molar-refractivity contribution in [3.05, 3.63) is 47.5 Å². The molecule has 3 heterocycles. The summed E-state index contributed by atoms with van der Waals surface area (Å²) in [6, 6.07) is 4.31. The fraction of sp³-hybridized carbons (Fsp3) is 0.438. The number of aryl methyl sites for hydroxylation is 1. The summed E-state index contributed by atoms with van der Waals surface area (Å²) in [6.07, 6.45) is 1.33. The van der Waals surface area contributed by atoms with Crippen LogP contribution in [0.4, 0.5) is 13.2 Å². The summed E-state index contributed by atoms with van der Waals surface area (Å²) >= 11 is 0. The number of amides is 1. The normalized spacial score (nSPS) is 18.7. The molecule has 0 bridgehead atoms. The van der Waals surface area contributed by atoms with E-state index in [0.29, 0.717) is 6.54 Å². The number of rotatable bonds is 2. The Labute approximate surface area is 137 Å². The summed E-state index contributed by atoms with van der Waals surface area (Å²) in [4.78, 5) is 18.5.